The zero-order chi connectivity index (χ0) is 13.1. The molecule has 0 unspecified atom stereocenters. The zero-order valence-corrected chi connectivity index (χ0v) is 11.2. The number of rotatable bonds is 0. The Bertz CT molecular complexity index is 1000. The molecule has 1 aromatic heterocycles. The van der Waals surface area contributed by atoms with Crippen molar-refractivity contribution in [3.63, 3.8) is 0 Å². The molecule has 19 heavy (non-hydrogen) atoms. The normalized spacial score (nSPS) is 11.8. The lowest BCUT2D eigenvalue weighted by atomic mass is 9.97. The van der Waals surface area contributed by atoms with Crippen LogP contribution in [0, 0.1) is 0 Å². The van der Waals surface area contributed by atoms with Crippen molar-refractivity contribution in [3.8, 4) is 5.75 Å². The maximum Gasteiger partial charge on any atom is 0.336 e. The molecule has 4 rings (SSSR count). The molecular formula is C15H7BrO3. The molecule has 0 fully saturated rings. The first-order valence-electron chi connectivity index (χ1n) is 5.76. The smallest absolute Gasteiger partial charge is 0.336 e. The second-order valence-corrected chi connectivity index (χ2v) is 5.28. The second-order valence-electron chi connectivity index (χ2n) is 4.48. The summed E-state index contributed by atoms with van der Waals surface area (Å²) in [5, 5.41) is 14.5. The predicted molar refractivity (Wildman–Crippen MR) is 78.0 cm³/mol. The predicted octanol–water partition coefficient (Wildman–Crippen LogP) is 4.01. The number of halogens is 1. The molecule has 1 N–H and O–H groups in total. The Hall–Kier alpha value is -2.07. The average Bonchev–Trinajstić information content (AvgIpc) is 2.42. The van der Waals surface area contributed by atoms with Crippen molar-refractivity contribution in [2.45, 2.75) is 0 Å². The molecule has 4 aromatic rings. The van der Waals surface area contributed by atoms with Crippen LogP contribution in [-0.2, 0) is 0 Å². The van der Waals surface area contributed by atoms with Crippen molar-refractivity contribution in [1.82, 2.24) is 0 Å². The third kappa shape index (κ3) is 1.29. The Kier molecular flexibility index (Phi) is 1.98. The highest BCUT2D eigenvalue weighted by molar-refractivity contribution is 9.10. The van der Waals surface area contributed by atoms with Gasteiger partial charge in [-0.05, 0) is 27.4 Å². The lowest BCUT2D eigenvalue weighted by Gasteiger charge is -2.12. The highest BCUT2D eigenvalue weighted by Gasteiger charge is 2.17. The molecule has 0 radical (unpaired) electrons. The molecule has 0 saturated heterocycles. The SMILES string of the molecule is O=c1cc2c(Br)c(O)c3cccc4ccc(o1)c2c43. The Morgan fingerprint density at radius 1 is 1.05 bits per heavy atom. The van der Waals surface area contributed by atoms with Crippen LogP contribution in [0.1, 0.15) is 0 Å². The third-order valence-electron chi connectivity index (χ3n) is 3.45. The van der Waals surface area contributed by atoms with Gasteiger partial charge in [-0.2, -0.15) is 0 Å². The van der Waals surface area contributed by atoms with Crippen molar-refractivity contribution in [1.29, 1.82) is 0 Å². The average molecular weight is 315 g/mol. The van der Waals surface area contributed by atoms with Crippen LogP contribution in [0.25, 0.3) is 32.5 Å². The number of aromatic hydroxyl groups is 1. The lowest BCUT2D eigenvalue weighted by Crippen LogP contribution is -1.97. The summed E-state index contributed by atoms with van der Waals surface area (Å²) in [6, 6.07) is 10.8. The summed E-state index contributed by atoms with van der Waals surface area (Å²) >= 11 is 3.36. The topological polar surface area (TPSA) is 50.4 Å². The number of phenolic OH excluding ortho intramolecular Hbond substituents is 1. The molecular weight excluding hydrogens is 308 g/mol. The molecule has 0 aliphatic heterocycles. The fourth-order valence-corrected chi connectivity index (χ4v) is 3.18. The van der Waals surface area contributed by atoms with Crippen molar-refractivity contribution in [2.75, 3.05) is 0 Å². The third-order valence-corrected chi connectivity index (χ3v) is 4.25. The van der Waals surface area contributed by atoms with Gasteiger partial charge in [0.2, 0.25) is 0 Å². The summed E-state index contributed by atoms with van der Waals surface area (Å²) < 4.78 is 5.77. The molecule has 3 nitrogen and oxygen atoms in total. The Labute approximate surface area is 115 Å². The van der Waals surface area contributed by atoms with Crippen LogP contribution >= 0.6 is 15.9 Å². The van der Waals surface area contributed by atoms with E-state index < -0.39 is 5.63 Å². The minimum Gasteiger partial charge on any atom is -0.506 e. The Morgan fingerprint density at radius 3 is 2.74 bits per heavy atom. The standard InChI is InChI=1S/C15H7BrO3/c16-14-9-6-11(17)19-10-5-4-7-2-1-3-8(15(14)18)12(7)13(9)10/h1-6,18H. The molecule has 0 amide bonds. The van der Waals surface area contributed by atoms with Gasteiger partial charge in [0.1, 0.15) is 11.3 Å². The summed E-state index contributed by atoms with van der Waals surface area (Å²) in [6.07, 6.45) is 0. The zero-order valence-electron chi connectivity index (χ0n) is 9.61. The summed E-state index contributed by atoms with van der Waals surface area (Å²) in [6.45, 7) is 0. The molecule has 3 aromatic carbocycles. The van der Waals surface area contributed by atoms with E-state index in [0.717, 1.165) is 21.5 Å². The quantitative estimate of drug-likeness (QED) is 0.394. The van der Waals surface area contributed by atoms with Gasteiger partial charge in [0.15, 0.2) is 0 Å². The maximum absolute atomic E-state index is 11.6. The van der Waals surface area contributed by atoms with Gasteiger partial charge < -0.3 is 9.52 Å². The second kappa shape index (κ2) is 3.48. The van der Waals surface area contributed by atoms with Crippen molar-refractivity contribution >= 4 is 48.4 Å². The first-order chi connectivity index (χ1) is 9.16. The minimum absolute atomic E-state index is 0.149. The molecule has 92 valence electrons. The summed E-state index contributed by atoms with van der Waals surface area (Å²) in [4.78, 5) is 11.6. The van der Waals surface area contributed by atoms with Crippen LogP contribution in [-0.4, -0.2) is 5.11 Å². The van der Waals surface area contributed by atoms with Gasteiger partial charge in [-0.3, -0.25) is 0 Å². The number of hydrogen-bond acceptors (Lipinski definition) is 3. The van der Waals surface area contributed by atoms with Gasteiger partial charge in [0.25, 0.3) is 0 Å². The van der Waals surface area contributed by atoms with E-state index in [1.807, 2.05) is 24.3 Å². The summed E-state index contributed by atoms with van der Waals surface area (Å²) in [7, 11) is 0. The first kappa shape index (κ1) is 10.8. The van der Waals surface area contributed by atoms with Crippen molar-refractivity contribution in [2.24, 2.45) is 0 Å². The number of hydrogen-bond donors (Lipinski definition) is 1. The molecule has 1 heterocycles. The van der Waals surface area contributed by atoms with Crippen LogP contribution < -0.4 is 5.63 Å². The van der Waals surface area contributed by atoms with E-state index in [1.165, 1.54) is 6.07 Å². The number of benzene rings is 3. The van der Waals surface area contributed by atoms with Crippen molar-refractivity contribution < 1.29 is 9.52 Å². The van der Waals surface area contributed by atoms with Gasteiger partial charge in [-0.25, -0.2) is 4.79 Å². The highest BCUT2D eigenvalue weighted by Crippen LogP contribution is 2.43. The van der Waals surface area contributed by atoms with E-state index in [1.54, 1.807) is 6.07 Å². The molecule has 0 aliphatic carbocycles. The summed E-state index contributed by atoms with van der Waals surface area (Å²) in [5.74, 6) is 0.149. The number of phenols is 1. The van der Waals surface area contributed by atoms with E-state index in [0.29, 0.717) is 15.4 Å². The van der Waals surface area contributed by atoms with Gasteiger partial charge >= 0.3 is 5.63 Å². The van der Waals surface area contributed by atoms with Crippen LogP contribution in [0.5, 0.6) is 5.75 Å². The summed E-state index contributed by atoms with van der Waals surface area (Å²) in [5.41, 5.74) is 0.109. The molecule has 0 aliphatic rings. The fourth-order valence-electron chi connectivity index (χ4n) is 2.66. The van der Waals surface area contributed by atoms with E-state index in [9.17, 15) is 9.90 Å². The van der Waals surface area contributed by atoms with Gasteiger partial charge in [0, 0.05) is 27.6 Å². The largest absolute Gasteiger partial charge is 0.506 e. The van der Waals surface area contributed by atoms with E-state index in [2.05, 4.69) is 15.9 Å². The fraction of sp³-hybridized carbons (Fsp3) is 0. The molecule has 0 spiro atoms. The van der Waals surface area contributed by atoms with Crippen LogP contribution in [0.3, 0.4) is 0 Å². The molecule has 0 bridgehead atoms. The van der Waals surface area contributed by atoms with Crippen LogP contribution in [0.15, 0.2) is 50.1 Å². The van der Waals surface area contributed by atoms with Gasteiger partial charge in [-0.15, -0.1) is 0 Å². The minimum atomic E-state index is -0.425. The van der Waals surface area contributed by atoms with Crippen molar-refractivity contribution in [3.05, 3.63) is 51.3 Å². The van der Waals surface area contributed by atoms with Gasteiger partial charge in [0.05, 0.1) is 4.47 Å². The molecule has 0 saturated carbocycles. The Balaban J connectivity index is 2.53. The monoisotopic (exact) mass is 314 g/mol. The van der Waals surface area contributed by atoms with Crippen LogP contribution in [0.4, 0.5) is 0 Å². The first-order valence-corrected chi connectivity index (χ1v) is 6.55. The van der Waals surface area contributed by atoms with Crippen LogP contribution in [0.2, 0.25) is 0 Å². The lowest BCUT2D eigenvalue weighted by molar-refractivity contribution is 0.479. The highest BCUT2D eigenvalue weighted by atomic mass is 79.9. The molecule has 4 heteroatoms. The van der Waals surface area contributed by atoms with E-state index >= 15 is 0 Å². The van der Waals surface area contributed by atoms with E-state index in [-0.39, 0.29) is 5.75 Å². The molecule has 0 atom stereocenters. The van der Waals surface area contributed by atoms with Gasteiger partial charge in [-0.1, -0.05) is 24.3 Å². The Morgan fingerprint density at radius 2 is 1.89 bits per heavy atom. The maximum atomic E-state index is 11.6. The van der Waals surface area contributed by atoms with E-state index in [4.69, 9.17) is 4.42 Å².